The topological polar surface area (TPSA) is 54.6 Å². The molecule has 0 radical (unpaired) electrons. The largest absolute Gasteiger partial charge is 0.456 e. The molecule has 1 heterocycles. The van der Waals surface area contributed by atoms with Crippen molar-refractivity contribution >= 4 is 18.2 Å². The summed E-state index contributed by atoms with van der Waals surface area (Å²) in [5, 5.41) is 3.90. The van der Waals surface area contributed by atoms with E-state index in [0.29, 0.717) is 5.76 Å². The first-order valence-corrected chi connectivity index (χ1v) is 6.28. The van der Waals surface area contributed by atoms with Gasteiger partial charge in [0, 0.05) is 0 Å². The van der Waals surface area contributed by atoms with Crippen LogP contribution in [0.2, 0.25) is 0 Å². The lowest BCUT2D eigenvalue weighted by atomic mass is 10.1. The molecule has 2 rings (SSSR count). The molecule has 2 aromatic rings. The second-order valence-corrected chi connectivity index (χ2v) is 4.41. The van der Waals surface area contributed by atoms with Crippen LogP contribution in [-0.4, -0.2) is 12.1 Å². The van der Waals surface area contributed by atoms with E-state index in [1.807, 2.05) is 43.3 Å². The Hall–Kier alpha value is -2.62. The molecule has 0 saturated carbocycles. The van der Waals surface area contributed by atoms with Gasteiger partial charge in [0.1, 0.15) is 5.76 Å². The van der Waals surface area contributed by atoms with Gasteiger partial charge in [-0.05, 0) is 37.1 Å². The number of carbonyl (C=O) groups excluding carboxylic acids is 1. The first-order valence-electron chi connectivity index (χ1n) is 6.28. The van der Waals surface area contributed by atoms with Gasteiger partial charge in [0.05, 0.1) is 6.21 Å². The number of amides is 1. The predicted molar refractivity (Wildman–Crippen MR) is 79.5 cm³/mol. The van der Waals surface area contributed by atoms with Crippen molar-refractivity contribution in [2.75, 3.05) is 0 Å². The van der Waals surface area contributed by atoms with Crippen LogP contribution >= 0.6 is 0 Å². The molecule has 0 spiro atoms. The molecule has 4 heteroatoms. The summed E-state index contributed by atoms with van der Waals surface area (Å²) in [4.78, 5) is 11.7. The summed E-state index contributed by atoms with van der Waals surface area (Å²) in [5.41, 5.74) is 4.45. The highest BCUT2D eigenvalue weighted by Crippen LogP contribution is 2.06. The Labute approximate surface area is 117 Å². The van der Waals surface area contributed by atoms with Crippen LogP contribution in [0.25, 0.3) is 6.08 Å². The lowest BCUT2D eigenvalue weighted by Gasteiger charge is -1.96. The van der Waals surface area contributed by atoms with Gasteiger partial charge in [0.25, 0.3) is 0 Å². The monoisotopic (exact) mass is 268 g/mol. The number of hydrogen-bond donors (Lipinski definition) is 1. The fraction of sp³-hybridized carbons (Fsp3) is 0.125. The van der Waals surface area contributed by atoms with E-state index in [4.69, 9.17) is 4.42 Å². The second-order valence-electron chi connectivity index (χ2n) is 4.41. The van der Waals surface area contributed by atoms with Crippen molar-refractivity contribution in [3.63, 3.8) is 0 Å². The van der Waals surface area contributed by atoms with Gasteiger partial charge in [0.15, 0.2) is 5.76 Å². The molecule has 0 atom stereocenters. The molecule has 0 aliphatic heterocycles. The molecule has 102 valence electrons. The Kier molecular flexibility index (Phi) is 4.50. The van der Waals surface area contributed by atoms with Crippen LogP contribution in [0.3, 0.4) is 0 Å². The summed E-state index contributed by atoms with van der Waals surface area (Å²) < 4.78 is 5.20. The van der Waals surface area contributed by atoms with Crippen LogP contribution in [0.5, 0.6) is 0 Å². The van der Waals surface area contributed by atoms with E-state index in [1.165, 1.54) is 0 Å². The number of carbonyl (C=O) groups is 1. The number of hydrazone groups is 1. The molecule has 1 N–H and O–H groups in total. The molecular formula is C16H16N2O2. The first-order chi connectivity index (χ1) is 9.65. The second kappa shape index (κ2) is 6.52. The van der Waals surface area contributed by atoms with E-state index in [-0.39, 0.29) is 11.7 Å². The third-order valence-electron chi connectivity index (χ3n) is 2.59. The minimum absolute atomic E-state index is 0.254. The van der Waals surface area contributed by atoms with Crippen molar-refractivity contribution in [1.29, 1.82) is 0 Å². The number of aryl methyl sites for hydroxylation is 1. The highest BCUT2D eigenvalue weighted by Gasteiger charge is 2.07. The van der Waals surface area contributed by atoms with Crippen molar-refractivity contribution in [3.8, 4) is 0 Å². The zero-order chi connectivity index (χ0) is 14.4. The molecule has 0 saturated heterocycles. The standard InChI is InChI=1S/C16H16N2O2/c1-12(10-14-6-4-3-5-7-14)11-17-18-16(19)15-9-8-13(2)20-15/h3-11H,1-2H3,(H,18,19). The van der Waals surface area contributed by atoms with Gasteiger partial charge in [-0.3, -0.25) is 4.79 Å². The third kappa shape index (κ3) is 3.95. The summed E-state index contributed by atoms with van der Waals surface area (Å²) in [5.74, 6) is 0.588. The van der Waals surface area contributed by atoms with Gasteiger partial charge in [-0.15, -0.1) is 0 Å². The molecule has 0 aliphatic rings. The van der Waals surface area contributed by atoms with E-state index in [1.54, 1.807) is 25.3 Å². The minimum Gasteiger partial charge on any atom is -0.456 e. The van der Waals surface area contributed by atoms with Crippen LogP contribution in [0.1, 0.15) is 28.8 Å². The molecule has 0 fully saturated rings. The Morgan fingerprint density at radius 3 is 2.60 bits per heavy atom. The van der Waals surface area contributed by atoms with Crippen LogP contribution in [0.4, 0.5) is 0 Å². The van der Waals surface area contributed by atoms with Crippen molar-refractivity contribution in [1.82, 2.24) is 5.43 Å². The summed E-state index contributed by atoms with van der Waals surface area (Å²) in [7, 11) is 0. The number of nitrogens with one attached hydrogen (secondary N) is 1. The molecule has 1 amide bonds. The van der Waals surface area contributed by atoms with Crippen LogP contribution in [-0.2, 0) is 0 Å². The van der Waals surface area contributed by atoms with Crippen LogP contribution in [0.15, 0.2) is 57.6 Å². The van der Waals surface area contributed by atoms with Gasteiger partial charge >= 0.3 is 5.91 Å². The molecule has 20 heavy (non-hydrogen) atoms. The maximum Gasteiger partial charge on any atom is 0.307 e. The van der Waals surface area contributed by atoms with Gasteiger partial charge in [0.2, 0.25) is 0 Å². The highest BCUT2D eigenvalue weighted by molar-refractivity contribution is 5.92. The number of nitrogens with zero attached hydrogens (tertiary/aromatic N) is 1. The van der Waals surface area contributed by atoms with Gasteiger partial charge in [-0.25, -0.2) is 5.43 Å². The number of furan rings is 1. The fourth-order valence-electron chi connectivity index (χ4n) is 1.65. The normalized spacial score (nSPS) is 11.8. The van der Waals surface area contributed by atoms with E-state index in [2.05, 4.69) is 10.5 Å². The minimum atomic E-state index is -0.359. The summed E-state index contributed by atoms with van der Waals surface area (Å²) in [6.07, 6.45) is 3.58. The molecule has 1 aromatic carbocycles. The lowest BCUT2D eigenvalue weighted by Crippen LogP contribution is -2.16. The van der Waals surface area contributed by atoms with Gasteiger partial charge < -0.3 is 4.42 Å². The zero-order valence-corrected chi connectivity index (χ0v) is 11.5. The van der Waals surface area contributed by atoms with Crippen molar-refractivity contribution in [2.24, 2.45) is 5.10 Å². The Morgan fingerprint density at radius 2 is 1.95 bits per heavy atom. The Bertz CT molecular complexity index is 640. The van der Waals surface area contributed by atoms with E-state index in [9.17, 15) is 4.79 Å². The van der Waals surface area contributed by atoms with Crippen molar-refractivity contribution in [3.05, 3.63) is 65.1 Å². The first kappa shape index (κ1) is 13.8. The fourth-order valence-corrected chi connectivity index (χ4v) is 1.65. The third-order valence-corrected chi connectivity index (χ3v) is 2.59. The molecule has 0 aliphatic carbocycles. The SMILES string of the molecule is CC(C=NNC(=O)c1ccc(C)o1)=Cc1ccccc1. The smallest absolute Gasteiger partial charge is 0.307 e. The van der Waals surface area contributed by atoms with Crippen molar-refractivity contribution in [2.45, 2.75) is 13.8 Å². The number of allylic oxidation sites excluding steroid dienone is 1. The Morgan fingerprint density at radius 1 is 1.20 bits per heavy atom. The highest BCUT2D eigenvalue weighted by atomic mass is 16.3. The average Bonchev–Trinajstić information content (AvgIpc) is 2.86. The molecule has 0 unspecified atom stereocenters. The molecule has 0 bridgehead atoms. The van der Waals surface area contributed by atoms with Crippen LogP contribution in [0, 0.1) is 6.92 Å². The number of rotatable bonds is 4. The zero-order valence-electron chi connectivity index (χ0n) is 11.5. The lowest BCUT2D eigenvalue weighted by molar-refractivity contribution is 0.0926. The summed E-state index contributed by atoms with van der Waals surface area (Å²) in [6, 6.07) is 13.3. The molecule has 1 aromatic heterocycles. The number of hydrogen-bond acceptors (Lipinski definition) is 3. The van der Waals surface area contributed by atoms with Crippen molar-refractivity contribution < 1.29 is 9.21 Å². The van der Waals surface area contributed by atoms with E-state index < -0.39 is 0 Å². The molecular weight excluding hydrogens is 252 g/mol. The molecule has 4 nitrogen and oxygen atoms in total. The maximum atomic E-state index is 11.7. The predicted octanol–water partition coefficient (Wildman–Crippen LogP) is 3.41. The van der Waals surface area contributed by atoms with Gasteiger partial charge in [-0.1, -0.05) is 36.4 Å². The van der Waals surface area contributed by atoms with E-state index in [0.717, 1.165) is 11.1 Å². The average molecular weight is 268 g/mol. The summed E-state index contributed by atoms with van der Waals surface area (Å²) >= 11 is 0. The van der Waals surface area contributed by atoms with Crippen LogP contribution < -0.4 is 5.43 Å². The quantitative estimate of drug-likeness (QED) is 0.682. The Balaban J connectivity index is 1.93. The summed E-state index contributed by atoms with van der Waals surface area (Å²) in [6.45, 7) is 3.70. The number of benzene rings is 1. The van der Waals surface area contributed by atoms with E-state index >= 15 is 0 Å². The maximum absolute atomic E-state index is 11.7. The van der Waals surface area contributed by atoms with Gasteiger partial charge in [-0.2, -0.15) is 5.10 Å².